The maximum absolute atomic E-state index is 13.2. The fourth-order valence-corrected chi connectivity index (χ4v) is 9.28. The number of carbonyl (C=O) groups is 6. The normalized spacial score (nSPS) is 18.4. The number of ether oxygens (including phenoxy) is 3. The fraction of sp³-hybridized carbons (Fsp3) is 0.714. The predicted molar refractivity (Wildman–Crippen MR) is 321 cm³/mol. The first-order chi connectivity index (χ1) is 37.9. The van der Waals surface area contributed by atoms with E-state index in [0.717, 1.165) is 95.3 Å². The van der Waals surface area contributed by atoms with Gasteiger partial charge in [-0.2, -0.15) is 0 Å². The summed E-state index contributed by atoms with van der Waals surface area (Å²) in [6.45, 7) is 38.6. The quantitative estimate of drug-likeness (QED) is 0.0884. The Morgan fingerprint density at radius 2 is 0.962 bits per heavy atom. The van der Waals surface area contributed by atoms with E-state index in [1.807, 2.05) is 126 Å². The van der Waals surface area contributed by atoms with Gasteiger partial charge in [0.15, 0.2) is 0 Å². The minimum Gasteiger partial charge on any atom is -0.376 e. The summed E-state index contributed by atoms with van der Waals surface area (Å²) in [5.41, 5.74) is 2.09. The second kappa shape index (κ2) is 44.8. The Morgan fingerprint density at radius 3 is 1.35 bits per heavy atom. The Hall–Kier alpha value is -4.90. The molecule has 16 nitrogen and oxygen atoms in total. The fourth-order valence-electron chi connectivity index (χ4n) is 9.28. The van der Waals surface area contributed by atoms with Crippen molar-refractivity contribution in [1.29, 1.82) is 0 Å². The third-order valence-electron chi connectivity index (χ3n) is 13.4. The van der Waals surface area contributed by atoms with Crippen LogP contribution in [0.25, 0.3) is 0 Å². The van der Waals surface area contributed by atoms with Crippen molar-refractivity contribution in [2.45, 2.75) is 218 Å². The molecule has 2 aromatic carbocycles. The summed E-state index contributed by atoms with van der Waals surface area (Å²) in [7, 11) is 0. The first-order valence-corrected chi connectivity index (χ1v) is 30.2. The van der Waals surface area contributed by atoms with Crippen molar-refractivity contribution in [3.8, 4) is 0 Å². The molecule has 9 atom stereocenters. The Bertz CT molecular complexity index is 1810. The van der Waals surface area contributed by atoms with Crippen molar-refractivity contribution >= 4 is 35.4 Å². The van der Waals surface area contributed by atoms with Crippen LogP contribution in [0.3, 0.4) is 0 Å². The molecule has 3 aliphatic rings. The van der Waals surface area contributed by atoms with Gasteiger partial charge in [0, 0.05) is 79.2 Å². The number of nitrogens with one attached hydrogen (secondary N) is 4. The molecule has 16 heteroatoms. The van der Waals surface area contributed by atoms with Crippen LogP contribution in [-0.4, -0.2) is 146 Å². The lowest BCUT2D eigenvalue weighted by Gasteiger charge is -2.38. The summed E-state index contributed by atoms with van der Waals surface area (Å²) in [6, 6.07) is 17.7. The van der Waals surface area contributed by atoms with E-state index in [1.54, 1.807) is 4.90 Å². The Labute approximate surface area is 479 Å². The lowest BCUT2D eigenvalue weighted by Crippen LogP contribution is -2.57. The first kappa shape index (κ1) is 74.1. The molecule has 3 saturated heterocycles. The molecule has 0 saturated carbocycles. The second-order valence-electron chi connectivity index (χ2n) is 20.7. The molecular formula is C63H111N7O9. The standard InChI is InChI=1S/C21H40N2O3.C18H26N2O3.C17H25N3O3.C3H8.2C2H6/c1-7-10-18(8-2)14-26-17(6)20(22-19(24)9-3)21(25)23-12-15(4)11-16(5)13-23;1-14(23-13-16-9-5-3-6-10-16)17(19-15(2)21)18(22)20-11-7-4-8-12-20;1-13(23-12-15-6-4-3-5-7-15)16(19-14(2)21)17(22)20-10-8-18-9-11-20;1-3-2;2*1-2/h15-18,20H,7-14H2,1-6H3,(H,22,24);3,5-6,9-10,14,17H,4,7-8,11-13H2,1-2H3,(H,19,21);3-7,13,16,18H,8-12H2,1-2H3,(H,19,21);3H2,1-2H3;2*1-2H3. The first-order valence-electron chi connectivity index (χ1n) is 30.2. The van der Waals surface area contributed by atoms with Crippen molar-refractivity contribution in [1.82, 2.24) is 36.0 Å². The lowest BCUT2D eigenvalue weighted by atomic mass is 9.91. The minimum absolute atomic E-state index is 0.00115. The topological polar surface area (TPSA) is 188 Å². The van der Waals surface area contributed by atoms with E-state index in [1.165, 1.54) is 20.3 Å². The minimum atomic E-state index is -0.658. The van der Waals surface area contributed by atoms with Crippen molar-refractivity contribution in [3.05, 3.63) is 71.8 Å². The summed E-state index contributed by atoms with van der Waals surface area (Å²) in [5.74, 6) is 0.840. The largest absolute Gasteiger partial charge is 0.376 e. The van der Waals surface area contributed by atoms with Crippen LogP contribution in [-0.2, 0) is 56.2 Å². The van der Waals surface area contributed by atoms with Gasteiger partial charge in [0.1, 0.15) is 18.1 Å². The number of hydrogen-bond donors (Lipinski definition) is 4. The average molecular weight is 1110 g/mol. The van der Waals surface area contributed by atoms with Crippen molar-refractivity contribution in [2.75, 3.05) is 59.0 Å². The smallest absolute Gasteiger partial charge is 0.247 e. The third-order valence-corrected chi connectivity index (χ3v) is 13.4. The number of amides is 6. The van der Waals surface area contributed by atoms with Gasteiger partial charge in [-0.15, -0.1) is 0 Å². The van der Waals surface area contributed by atoms with Gasteiger partial charge >= 0.3 is 0 Å². The maximum Gasteiger partial charge on any atom is 0.247 e. The van der Waals surface area contributed by atoms with Gasteiger partial charge in [-0.1, -0.05) is 156 Å². The molecule has 2 aromatic rings. The molecule has 6 amide bonds. The van der Waals surface area contributed by atoms with Crippen LogP contribution in [0.1, 0.15) is 180 Å². The highest BCUT2D eigenvalue weighted by Gasteiger charge is 2.36. The molecule has 0 aliphatic carbocycles. The molecular weight excluding hydrogens is 999 g/mol. The number of hydrogen-bond acceptors (Lipinski definition) is 10. The van der Waals surface area contributed by atoms with Crippen LogP contribution in [0.5, 0.6) is 0 Å². The predicted octanol–water partition coefficient (Wildman–Crippen LogP) is 9.72. The molecule has 3 fully saturated rings. The lowest BCUT2D eigenvalue weighted by molar-refractivity contribution is -0.143. The zero-order valence-electron chi connectivity index (χ0n) is 52.1. The number of piperidine rings is 2. The molecule has 4 N–H and O–H groups in total. The number of piperazine rings is 1. The van der Waals surface area contributed by atoms with Gasteiger partial charge in [-0.05, 0) is 81.8 Å². The Morgan fingerprint density at radius 1 is 0.570 bits per heavy atom. The van der Waals surface area contributed by atoms with E-state index in [9.17, 15) is 28.8 Å². The summed E-state index contributed by atoms with van der Waals surface area (Å²) in [6.07, 6.45) is 8.21. The van der Waals surface area contributed by atoms with Crippen molar-refractivity contribution < 1.29 is 43.0 Å². The molecule has 0 radical (unpaired) electrons. The summed E-state index contributed by atoms with van der Waals surface area (Å²) < 4.78 is 17.7. The number of carbonyl (C=O) groups excluding carboxylic acids is 6. The van der Waals surface area contributed by atoms with Gasteiger partial charge in [-0.3, -0.25) is 28.8 Å². The van der Waals surface area contributed by atoms with Crippen molar-refractivity contribution in [3.63, 3.8) is 0 Å². The molecule has 0 bridgehead atoms. The van der Waals surface area contributed by atoms with Gasteiger partial charge in [0.25, 0.3) is 0 Å². The summed E-state index contributed by atoms with van der Waals surface area (Å²) >= 11 is 0. The van der Waals surface area contributed by atoms with E-state index >= 15 is 0 Å². The molecule has 9 unspecified atom stereocenters. The summed E-state index contributed by atoms with van der Waals surface area (Å²) in [4.78, 5) is 79.1. The van der Waals surface area contributed by atoms with Crippen LogP contribution in [0.15, 0.2) is 60.7 Å². The zero-order chi connectivity index (χ0) is 59.7. The van der Waals surface area contributed by atoms with Gasteiger partial charge in [-0.25, -0.2) is 0 Å². The maximum atomic E-state index is 13.2. The number of nitrogens with zero attached hydrogens (tertiary/aromatic N) is 3. The molecule has 3 heterocycles. The van der Waals surface area contributed by atoms with Crippen molar-refractivity contribution in [2.24, 2.45) is 17.8 Å². The van der Waals surface area contributed by atoms with E-state index in [-0.39, 0.29) is 47.7 Å². The highest BCUT2D eigenvalue weighted by atomic mass is 16.5. The van der Waals surface area contributed by atoms with Gasteiger partial charge in [0.05, 0.1) is 31.5 Å². The molecule has 79 heavy (non-hydrogen) atoms. The monoisotopic (exact) mass is 1110 g/mol. The average Bonchev–Trinajstić information content (AvgIpc) is 3.46. The Kier molecular flexibility index (Phi) is 42.0. The second-order valence-corrected chi connectivity index (χ2v) is 20.7. The molecule has 0 spiro atoms. The number of rotatable bonds is 22. The van der Waals surface area contributed by atoms with Crippen LogP contribution < -0.4 is 21.3 Å². The Balaban J connectivity index is 0.00000109. The highest BCUT2D eigenvalue weighted by molar-refractivity contribution is 5.89. The zero-order valence-corrected chi connectivity index (χ0v) is 52.1. The van der Waals surface area contributed by atoms with Crippen LogP contribution >= 0.6 is 0 Å². The molecule has 3 aliphatic heterocycles. The number of likely N-dealkylation sites (tertiary alicyclic amines) is 2. The van der Waals surface area contributed by atoms with Crippen LogP contribution in [0.2, 0.25) is 0 Å². The summed E-state index contributed by atoms with van der Waals surface area (Å²) in [5, 5.41) is 11.6. The molecule has 452 valence electrons. The molecule has 0 aromatic heterocycles. The van der Waals surface area contributed by atoms with E-state index in [2.05, 4.69) is 62.8 Å². The van der Waals surface area contributed by atoms with E-state index in [4.69, 9.17) is 14.2 Å². The molecule has 5 rings (SSSR count). The van der Waals surface area contributed by atoms with Gasteiger partial charge < -0.3 is 50.2 Å². The van der Waals surface area contributed by atoms with Crippen LogP contribution in [0, 0.1) is 17.8 Å². The van der Waals surface area contributed by atoms with E-state index < -0.39 is 24.2 Å². The number of benzene rings is 2. The highest BCUT2D eigenvalue weighted by Crippen LogP contribution is 2.23. The van der Waals surface area contributed by atoms with E-state index in [0.29, 0.717) is 57.1 Å². The van der Waals surface area contributed by atoms with Crippen LogP contribution in [0.4, 0.5) is 0 Å². The SMILES string of the molecule is CC.CC.CC(=O)NC(C(=O)N1CCCCC1)C(C)OCc1ccccc1.CC(=O)NC(C(=O)N1CCNCC1)C(C)OCc1ccccc1.CCC.CCCC(CC)COC(C)C(NC(=O)CC)C(=O)N1CC(C)CC(C)C1. The van der Waals surface area contributed by atoms with Gasteiger partial charge in [0.2, 0.25) is 35.4 Å². The third kappa shape index (κ3) is 31.0.